The van der Waals surface area contributed by atoms with Gasteiger partial charge in [-0.2, -0.15) is 0 Å². The molecule has 0 aliphatic rings. The molecular weight excluding hydrogens is 251 g/mol. The predicted octanol–water partition coefficient (Wildman–Crippen LogP) is 4.05. The van der Waals surface area contributed by atoms with Crippen LogP contribution in [-0.2, 0) is 0 Å². The molecule has 0 aromatic carbocycles. The van der Waals surface area contributed by atoms with Crippen LogP contribution < -0.4 is 0 Å². The quantitative estimate of drug-likeness (QED) is 0.518. The van der Waals surface area contributed by atoms with E-state index in [-0.39, 0.29) is 10.5 Å². The Kier molecular flexibility index (Phi) is 3.81. The summed E-state index contributed by atoms with van der Waals surface area (Å²) in [6.45, 7) is 7.98. The third-order valence-corrected chi connectivity index (χ3v) is 7.47. The van der Waals surface area contributed by atoms with Crippen molar-refractivity contribution in [3.63, 3.8) is 0 Å². The van der Waals surface area contributed by atoms with Crippen LogP contribution in [0.2, 0.25) is 0 Å². The second-order valence-corrected chi connectivity index (χ2v) is 10.8. The summed E-state index contributed by atoms with van der Waals surface area (Å²) in [5.74, 6) is 0. The summed E-state index contributed by atoms with van der Waals surface area (Å²) >= 11 is 6.93. The van der Waals surface area contributed by atoms with Crippen LogP contribution in [0.3, 0.4) is 0 Å². The van der Waals surface area contributed by atoms with Gasteiger partial charge in [-0.3, -0.25) is 0 Å². The molecule has 3 heteroatoms. The first kappa shape index (κ1) is 9.13. The largest absolute Gasteiger partial charge is 0.102 e. The molecular formula is C5H9Br2P. The molecule has 0 atom stereocenters. The minimum Gasteiger partial charge on any atom is -0.102 e. The third kappa shape index (κ3) is 2.61. The maximum absolute atomic E-state index is 3.71. The van der Waals surface area contributed by atoms with Gasteiger partial charge in [0.1, 0.15) is 0 Å². The summed E-state index contributed by atoms with van der Waals surface area (Å²) in [7, 11) is 0. The van der Waals surface area contributed by atoms with Crippen LogP contribution in [0.1, 0.15) is 13.8 Å². The summed E-state index contributed by atoms with van der Waals surface area (Å²) in [4.78, 5) is 0. The first-order valence-electron chi connectivity index (χ1n) is 2.26. The van der Waals surface area contributed by atoms with Crippen molar-refractivity contribution in [1.29, 1.82) is 0 Å². The Labute approximate surface area is 68.0 Å². The molecule has 48 valence electrons. The molecule has 0 rings (SSSR count). The molecule has 0 aromatic heterocycles. The fourth-order valence-electron chi connectivity index (χ4n) is 0.0690. The van der Waals surface area contributed by atoms with Gasteiger partial charge in [0.2, 0.25) is 0 Å². The van der Waals surface area contributed by atoms with Crippen LogP contribution >= 0.6 is 36.3 Å². The molecule has 0 spiro atoms. The van der Waals surface area contributed by atoms with E-state index >= 15 is 0 Å². The Bertz CT molecular complexity index is 88.4. The van der Waals surface area contributed by atoms with Gasteiger partial charge in [0.05, 0.1) is 0 Å². The van der Waals surface area contributed by atoms with Crippen LogP contribution in [-0.4, -0.2) is 5.16 Å². The fourth-order valence-corrected chi connectivity index (χ4v) is 1.08. The SMILES string of the molecule is C=CC(C)(C)P(Br)Br. The molecule has 0 bridgehead atoms. The highest BCUT2D eigenvalue weighted by molar-refractivity contribution is 9.69. The van der Waals surface area contributed by atoms with E-state index in [1.807, 2.05) is 6.08 Å². The second-order valence-electron chi connectivity index (χ2n) is 2.09. The zero-order chi connectivity index (χ0) is 6.78. The van der Waals surface area contributed by atoms with Crippen LogP contribution in [0.4, 0.5) is 0 Å². The summed E-state index contributed by atoms with van der Waals surface area (Å²) in [6.07, 6.45) is 1.95. The van der Waals surface area contributed by atoms with E-state index in [2.05, 4.69) is 51.4 Å². The topological polar surface area (TPSA) is 0 Å². The lowest BCUT2D eigenvalue weighted by Crippen LogP contribution is -2.06. The van der Waals surface area contributed by atoms with Gasteiger partial charge in [-0.25, -0.2) is 0 Å². The number of allylic oxidation sites excluding steroid dienone is 1. The Hall–Kier alpha value is 1.13. The lowest BCUT2D eigenvalue weighted by Gasteiger charge is -2.20. The molecule has 0 saturated heterocycles. The average molecular weight is 260 g/mol. The van der Waals surface area contributed by atoms with Crippen LogP contribution in [0.25, 0.3) is 0 Å². The molecule has 0 heterocycles. The molecule has 0 aliphatic heterocycles. The second kappa shape index (κ2) is 3.34. The summed E-state index contributed by atoms with van der Waals surface area (Å²) < 4.78 is 0. The van der Waals surface area contributed by atoms with Gasteiger partial charge in [0.25, 0.3) is 0 Å². The van der Waals surface area contributed by atoms with E-state index in [1.54, 1.807) is 0 Å². The van der Waals surface area contributed by atoms with E-state index < -0.39 is 0 Å². The number of hydrogen-bond donors (Lipinski definition) is 0. The van der Waals surface area contributed by atoms with Gasteiger partial charge in [-0.15, -0.1) is 6.58 Å². The van der Waals surface area contributed by atoms with E-state index in [0.717, 1.165) is 0 Å². The maximum atomic E-state index is 3.71. The van der Waals surface area contributed by atoms with Gasteiger partial charge < -0.3 is 0 Å². The fraction of sp³-hybridized carbons (Fsp3) is 0.600. The van der Waals surface area contributed by atoms with Gasteiger partial charge >= 0.3 is 0 Å². The summed E-state index contributed by atoms with van der Waals surface area (Å²) in [6, 6.07) is 0. The van der Waals surface area contributed by atoms with E-state index in [0.29, 0.717) is 0 Å². The Morgan fingerprint density at radius 3 is 1.88 bits per heavy atom. The molecule has 0 aromatic rings. The van der Waals surface area contributed by atoms with Gasteiger partial charge in [-0.05, 0) is 31.0 Å². The Morgan fingerprint density at radius 1 is 1.50 bits per heavy atom. The summed E-state index contributed by atoms with van der Waals surface area (Å²) in [5, 5.41) is -0.0332. The predicted molar refractivity (Wildman–Crippen MR) is 49.1 cm³/mol. The Balaban J connectivity index is 3.90. The number of hydrogen-bond acceptors (Lipinski definition) is 0. The lowest BCUT2D eigenvalue weighted by atomic mass is 10.2. The Morgan fingerprint density at radius 2 is 1.88 bits per heavy atom. The van der Waals surface area contributed by atoms with Crippen molar-refractivity contribution in [3.8, 4) is 0 Å². The van der Waals surface area contributed by atoms with Crippen molar-refractivity contribution in [2.75, 3.05) is 0 Å². The van der Waals surface area contributed by atoms with Gasteiger partial charge in [0, 0.05) is 10.5 Å². The van der Waals surface area contributed by atoms with E-state index in [4.69, 9.17) is 0 Å². The van der Waals surface area contributed by atoms with E-state index in [9.17, 15) is 0 Å². The van der Waals surface area contributed by atoms with Crippen LogP contribution in [0, 0.1) is 0 Å². The van der Waals surface area contributed by atoms with Crippen molar-refractivity contribution in [3.05, 3.63) is 12.7 Å². The summed E-state index contributed by atoms with van der Waals surface area (Å²) in [5.41, 5.74) is 0. The zero-order valence-electron chi connectivity index (χ0n) is 4.99. The van der Waals surface area contributed by atoms with Crippen LogP contribution in [0.5, 0.6) is 0 Å². The first-order chi connectivity index (χ1) is 3.50. The van der Waals surface area contributed by atoms with E-state index in [1.165, 1.54) is 0 Å². The van der Waals surface area contributed by atoms with Crippen LogP contribution in [0.15, 0.2) is 12.7 Å². The monoisotopic (exact) mass is 258 g/mol. The molecule has 0 aliphatic carbocycles. The third-order valence-electron chi connectivity index (χ3n) is 0.935. The maximum Gasteiger partial charge on any atom is 0.0442 e. The molecule has 0 unspecified atom stereocenters. The minimum absolute atomic E-state index is 0.204. The standard InChI is InChI=1S/C5H9Br2P/c1-4-5(2,3)8(6)7/h4H,1H2,2-3H3. The number of rotatable bonds is 2. The zero-order valence-corrected chi connectivity index (χ0v) is 9.05. The number of halogens is 2. The molecule has 0 saturated carbocycles. The van der Waals surface area contributed by atoms with Crippen molar-refractivity contribution in [1.82, 2.24) is 0 Å². The van der Waals surface area contributed by atoms with Crippen molar-refractivity contribution >= 4 is 36.3 Å². The van der Waals surface area contributed by atoms with Crippen molar-refractivity contribution in [2.45, 2.75) is 19.0 Å². The minimum atomic E-state index is -0.237. The lowest BCUT2D eigenvalue weighted by molar-refractivity contribution is 0.900. The molecule has 0 N–H and O–H groups in total. The van der Waals surface area contributed by atoms with Gasteiger partial charge in [-0.1, -0.05) is 19.9 Å². The molecule has 0 amide bonds. The first-order valence-corrected chi connectivity index (χ1v) is 7.64. The van der Waals surface area contributed by atoms with Gasteiger partial charge in [0.15, 0.2) is 0 Å². The molecule has 0 radical (unpaired) electrons. The highest BCUT2D eigenvalue weighted by Gasteiger charge is 2.20. The smallest absolute Gasteiger partial charge is 0.0442 e. The highest BCUT2D eigenvalue weighted by Crippen LogP contribution is 2.62. The molecule has 8 heavy (non-hydrogen) atoms. The average Bonchev–Trinajstić information content (AvgIpc) is 1.67. The molecule has 0 fully saturated rings. The highest BCUT2D eigenvalue weighted by atomic mass is 79.9. The van der Waals surface area contributed by atoms with Crippen molar-refractivity contribution < 1.29 is 0 Å². The van der Waals surface area contributed by atoms with Crippen molar-refractivity contribution in [2.24, 2.45) is 0 Å². The normalized spacial score (nSPS) is 12.1. The molecule has 0 nitrogen and oxygen atoms in total.